The Morgan fingerprint density at radius 2 is 2.05 bits per heavy atom. The summed E-state index contributed by atoms with van der Waals surface area (Å²) >= 11 is 0. The first-order valence-corrected chi connectivity index (χ1v) is 7.06. The van der Waals surface area contributed by atoms with E-state index in [9.17, 15) is 4.79 Å². The highest BCUT2D eigenvalue weighted by molar-refractivity contribution is 5.79. The van der Waals surface area contributed by atoms with Crippen LogP contribution in [0.25, 0.3) is 0 Å². The highest BCUT2D eigenvalue weighted by Gasteiger charge is 2.24. The van der Waals surface area contributed by atoms with E-state index in [0.29, 0.717) is 0 Å². The lowest BCUT2D eigenvalue weighted by molar-refractivity contribution is -0.125. The minimum absolute atomic E-state index is 0.0112. The molecule has 3 heteroatoms. The van der Waals surface area contributed by atoms with Gasteiger partial charge in [0, 0.05) is 11.5 Å². The van der Waals surface area contributed by atoms with E-state index in [0.717, 1.165) is 24.2 Å². The number of ether oxygens (including phenoxy) is 1. The van der Waals surface area contributed by atoms with Crippen LogP contribution in [-0.2, 0) is 4.79 Å². The number of nitrogens with one attached hydrogen (secondary N) is 1. The zero-order valence-electron chi connectivity index (χ0n) is 12.0. The van der Waals surface area contributed by atoms with Crippen molar-refractivity contribution in [3.63, 3.8) is 0 Å². The Hall–Kier alpha value is -1.51. The van der Waals surface area contributed by atoms with Gasteiger partial charge in [-0.3, -0.25) is 4.79 Å². The van der Waals surface area contributed by atoms with Crippen LogP contribution >= 0.6 is 0 Å². The number of carbonyl (C=O) groups excluding carboxylic acids is 1. The second-order valence-corrected chi connectivity index (χ2v) is 5.46. The van der Waals surface area contributed by atoms with Crippen molar-refractivity contribution in [1.82, 2.24) is 5.32 Å². The molecule has 1 atom stereocenters. The molecule has 1 N–H and O–H groups in total. The monoisotopic (exact) mass is 261 g/mol. The van der Waals surface area contributed by atoms with Gasteiger partial charge in [0.15, 0.2) is 0 Å². The zero-order valence-corrected chi connectivity index (χ0v) is 12.0. The fourth-order valence-electron chi connectivity index (χ4n) is 2.79. The predicted molar refractivity (Wildman–Crippen MR) is 76.2 cm³/mol. The average Bonchev–Trinajstić information content (AvgIpc) is 2.92. The molecule has 3 nitrogen and oxygen atoms in total. The summed E-state index contributed by atoms with van der Waals surface area (Å²) in [5.74, 6) is 1.23. The number of carbonyl (C=O) groups is 1. The number of hydrogen-bond donors (Lipinski definition) is 1. The lowest BCUT2D eigenvalue weighted by atomic mass is 10.0. The van der Waals surface area contributed by atoms with E-state index in [1.165, 1.54) is 18.4 Å². The molecule has 1 aromatic carbocycles. The molecule has 0 radical (unpaired) electrons. The molecule has 1 fully saturated rings. The van der Waals surface area contributed by atoms with Crippen LogP contribution in [0.5, 0.6) is 5.75 Å². The Kier molecular flexibility index (Phi) is 4.46. The molecule has 0 saturated heterocycles. The van der Waals surface area contributed by atoms with Crippen molar-refractivity contribution in [3.8, 4) is 5.75 Å². The first-order valence-electron chi connectivity index (χ1n) is 7.06. The quantitative estimate of drug-likeness (QED) is 0.902. The van der Waals surface area contributed by atoms with Gasteiger partial charge >= 0.3 is 0 Å². The smallest absolute Gasteiger partial charge is 0.223 e. The Morgan fingerprint density at radius 3 is 2.68 bits per heavy atom. The van der Waals surface area contributed by atoms with Crippen LogP contribution in [0.4, 0.5) is 0 Å². The maximum Gasteiger partial charge on any atom is 0.223 e. The van der Waals surface area contributed by atoms with Gasteiger partial charge < -0.3 is 10.1 Å². The summed E-state index contributed by atoms with van der Waals surface area (Å²) in [5, 5.41) is 3.12. The lowest BCUT2D eigenvalue weighted by Gasteiger charge is -2.20. The topological polar surface area (TPSA) is 38.3 Å². The number of benzene rings is 1. The van der Waals surface area contributed by atoms with Crippen molar-refractivity contribution in [2.75, 3.05) is 7.11 Å². The number of aryl methyl sites for hydroxylation is 1. The van der Waals surface area contributed by atoms with E-state index >= 15 is 0 Å². The SMILES string of the molecule is COc1ccc(C)cc1[C@@H](C)NC(=O)C1CCCC1. The molecular weight excluding hydrogens is 238 g/mol. The van der Waals surface area contributed by atoms with Crippen LogP contribution in [0.15, 0.2) is 18.2 Å². The van der Waals surface area contributed by atoms with Crippen LogP contribution in [0, 0.1) is 12.8 Å². The molecule has 1 amide bonds. The van der Waals surface area contributed by atoms with Crippen molar-refractivity contribution in [2.45, 2.75) is 45.6 Å². The fraction of sp³-hybridized carbons (Fsp3) is 0.562. The third-order valence-electron chi connectivity index (χ3n) is 3.94. The number of rotatable bonds is 4. The van der Waals surface area contributed by atoms with Gasteiger partial charge in [-0.1, -0.05) is 30.5 Å². The molecule has 0 bridgehead atoms. The Bertz CT molecular complexity index is 450. The molecule has 0 aliphatic heterocycles. The standard InChI is InChI=1S/C16H23NO2/c1-11-8-9-15(19-3)14(10-11)12(2)17-16(18)13-6-4-5-7-13/h8-10,12-13H,4-7H2,1-3H3,(H,17,18)/t12-/m1/s1. The summed E-state index contributed by atoms with van der Waals surface area (Å²) in [6.07, 6.45) is 4.42. The third-order valence-corrected chi connectivity index (χ3v) is 3.94. The van der Waals surface area contributed by atoms with Gasteiger partial charge in [-0.05, 0) is 32.8 Å². The lowest BCUT2D eigenvalue weighted by Crippen LogP contribution is -2.31. The van der Waals surface area contributed by atoms with E-state index in [2.05, 4.69) is 18.3 Å². The number of methoxy groups -OCH3 is 1. The van der Waals surface area contributed by atoms with Crippen LogP contribution in [0.1, 0.15) is 49.8 Å². The Morgan fingerprint density at radius 1 is 1.37 bits per heavy atom. The van der Waals surface area contributed by atoms with Gasteiger partial charge in [0.05, 0.1) is 13.2 Å². The molecule has 19 heavy (non-hydrogen) atoms. The highest BCUT2D eigenvalue weighted by atomic mass is 16.5. The highest BCUT2D eigenvalue weighted by Crippen LogP contribution is 2.28. The molecule has 0 aromatic heterocycles. The molecule has 2 rings (SSSR count). The van der Waals surface area contributed by atoms with Crippen molar-refractivity contribution in [1.29, 1.82) is 0 Å². The second kappa shape index (κ2) is 6.09. The van der Waals surface area contributed by atoms with Gasteiger partial charge in [-0.25, -0.2) is 0 Å². The predicted octanol–water partition coefficient (Wildman–Crippen LogP) is 3.37. The first-order chi connectivity index (χ1) is 9.11. The van der Waals surface area contributed by atoms with Gasteiger partial charge in [0.1, 0.15) is 5.75 Å². The third kappa shape index (κ3) is 3.28. The summed E-state index contributed by atoms with van der Waals surface area (Å²) in [5.41, 5.74) is 2.23. The van der Waals surface area contributed by atoms with Gasteiger partial charge in [0.25, 0.3) is 0 Å². The Labute approximate surface area is 115 Å². The molecule has 1 aromatic rings. The largest absolute Gasteiger partial charge is 0.496 e. The van der Waals surface area contributed by atoms with Crippen molar-refractivity contribution >= 4 is 5.91 Å². The molecule has 1 aliphatic rings. The summed E-state index contributed by atoms with van der Waals surface area (Å²) in [6, 6.07) is 6.05. The maximum absolute atomic E-state index is 12.2. The molecule has 1 saturated carbocycles. The minimum atomic E-state index is -0.0112. The summed E-state index contributed by atoms with van der Waals surface area (Å²) in [4.78, 5) is 12.2. The van der Waals surface area contributed by atoms with Gasteiger partial charge in [0.2, 0.25) is 5.91 Å². The van der Waals surface area contributed by atoms with Crippen LogP contribution in [0.3, 0.4) is 0 Å². The molecule has 0 spiro atoms. The minimum Gasteiger partial charge on any atom is -0.496 e. The normalized spacial score (nSPS) is 17.2. The van der Waals surface area contributed by atoms with E-state index < -0.39 is 0 Å². The van der Waals surface area contributed by atoms with E-state index in [1.54, 1.807) is 7.11 Å². The summed E-state index contributed by atoms with van der Waals surface area (Å²) in [7, 11) is 1.67. The van der Waals surface area contributed by atoms with E-state index in [-0.39, 0.29) is 17.9 Å². The summed E-state index contributed by atoms with van der Waals surface area (Å²) < 4.78 is 5.38. The van der Waals surface area contributed by atoms with Crippen molar-refractivity contribution in [3.05, 3.63) is 29.3 Å². The maximum atomic E-state index is 12.2. The molecular formula is C16H23NO2. The average molecular weight is 261 g/mol. The van der Waals surface area contributed by atoms with Crippen molar-refractivity contribution in [2.24, 2.45) is 5.92 Å². The van der Waals surface area contributed by atoms with E-state index in [1.807, 2.05) is 19.1 Å². The van der Waals surface area contributed by atoms with Crippen LogP contribution < -0.4 is 10.1 Å². The second-order valence-electron chi connectivity index (χ2n) is 5.46. The van der Waals surface area contributed by atoms with E-state index in [4.69, 9.17) is 4.74 Å². The van der Waals surface area contributed by atoms with Crippen LogP contribution in [-0.4, -0.2) is 13.0 Å². The fourth-order valence-corrected chi connectivity index (χ4v) is 2.79. The Balaban J connectivity index is 2.08. The molecule has 0 heterocycles. The summed E-state index contributed by atoms with van der Waals surface area (Å²) in [6.45, 7) is 4.07. The molecule has 0 unspecified atom stereocenters. The van der Waals surface area contributed by atoms with Crippen molar-refractivity contribution < 1.29 is 9.53 Å². The number of hydrogen-bond acceptors (Lipinski definition) is 2. The number of amides is 1. The first kappa shape index (κ1) is 13.9. The molecule has 1 aliphatic carbocycles. The zero-order chi connectivity index (χ0) is 13.8. The molecule has 104 valence electrons. The van der Waals surface area contributed by atoms with Gasteiger partial charge in [-0.15, -0.1) is 0 Å². The van der Waals surface area contributed by atoms with Crippen LogP contribution in [0.2, 0.25) is 0 Å². The van der Waals surface area contributed by atoms with Gasteiger partial charge in [-0.2, -0.15) is 0 Å².